The van der Waals surface area contributed by atoms with Crippen molar-refractivity contribution in [2.75, 3.05) is 5.73 Å². The van der Waals surface area contributed by atoms with Gasteiger partial charge in [0.05, 0.1) is 45.5 Å². The molecule has 0 saturated carbocycles. The van der Waals surface area contributed by atoms with Gasteiger partial charge in [-0.2, -0.15) is 15.5 Å². The van der Waals surface area contributed by atoms with Crippen LogP contribution in [0.3, 0.4) is 0 Å². The summed E-state index contributed by atoms with van der Waals surface area (Å²) in [5.74, 6) is -5.86. The Kier molecular flexibility index (Phi) is 7.50. The Bertz CT molecular complexity index is 1840. The lowest BCUT2D eigenvalue weighted by Crippen LogP contribution is -2.13. The average Bonchev–Trinajstić information content (AvgIpc) is 3.51. The van der Waals surface area contributed by atoms with Gasteiger partial charge in [0.1, 0.15) is 11.6 Å². The third kappa shape index (κ3) is 5.76. The molecule has 0 saturated heterocycles. The molecule has 43 heavy (non-hydrogen) atoms. The topological polar surface area (TPSA) is 259 Å². The minimum absolute atomic E-state index is 0.00672. The number of nitrogens with two attached hydrogens (primary N) is 1. The molecule has 0 fully saturated rings. The zero-order valence-electron chi connectivity index (χ0n) is 22.7. The van der Waals surface area contributed by atoms with E-state index in [1.807, 2.05) is 6.07 Å². The number of anilines is 1. The number of hydrogen-bond donors (Lipinski definition) is 5. The number of aromatic carboxylic acids is 4. The Morgan fingerprint density at radius 2 is 1.23 bits per heavy atom. The summed E-state index contributed by atoms with van der Waals surface area (Å²) in [7, 11) is 0. The predicted molar refractivity (Wildman–Crippen MR) is 147 cm³/mol. The smallest absolute Gasteiger partial charge is 0.335 e. The van der Waals surface area contributed by atoms with Crippen LogP contribution in [0.4, 0.5) is 17.3 Å². The van der Waals surface area contributed by atoms with Gasteiger partial charge in [0.15, 0.2) is 17.3 Å². The lowest BCUT2D eigenvalue weighted by Gasteiger charge is -2.15. The average molecular weight is 587 g/mol. The van der Waals surface area contributed by atoms with Crippen LogP contribution in [0.15, 0.2) is 52.8 Å². The van der Waals surface area contributed by atoms with Crippen molar-refractivity contribution in [3.05, 3.63) is 76.1 Å². The first kappa shape index (κ1) is 29.6. The number of rotatable bonds is 8. The van der Waals surface area contributed by atoms with Crippen LogP contribution in [-0.4, -0.2) is 63.9 Å². The number of carboxylic acids is 4. The minimum atomic E-state index is -1.40. The van der Waals surface area contributed by atoms with E-state index in [0.29, 0.717) is 0 Å². The normalized spacial score (nSPS) is 11.4. The number of nitrogen functional groups attached to an aromatic ring is 1. The molecule has 0 spiro atoms. The minimum Gasteiger partial charge on any atom is -0.478 e. The van der Waals surface area contributed by atoms with Crippen molar-refractivity contribution in [1.82, 2.24) is 19.6 Å². The third-order valence-electron chi connectivity index (χ3n) is 6.03. The summed E-state index contributed by atoms with van der Waals surface area (Å²) in [6.07, 6.45) is 1.13. The van der Waals surface area contributed by atoms with Gasteiger partial charge in [0.25, 0.3) is 0 Å². The van der Waals surface area contributed by atoms with Crippen LogP contribution in [0.1, 0.15) is 73.5 Å². The highest BCUT2D eigenvalue weighted by atomic mass is 16.4. The first-order chi connectivity index (χ1) is 20.1. The maximum absolute atomic E-state index is 11.6. The lowest BCUT2D eigenvalue weighted by atomic mass is 9.91. The fourth-order valence-corrected chi connectivity index (χ4v) is 3.99. The van der Waals surface area contributed by atoms with E-state index in [9.17, 15) is 44.9 Å². The monoisotopic (exact) mass is 586 g/mol. The van der Waals surface area contributed by atoms with E-state index < -0.39 is 29.3 Å². The summed E-state index contributed by atoms with van der Waals surface area (Å²) in [5.41, 5.74) is 4.50. The molecule has 0 atom stereocenters. The molecule has 2 heterocycles. The fraction of sp³-hybridized carbons (Fsp3) is 0.148. The number of benzene rings is 2. The van der Waals surface area contributed by atoms with Crippen LogP contribution in [-0.2, 0) is 5.41 Å². The van der Waals surface area contributed by atoms with E-state index in [4.69, 9.17) is 5.73 Å². The molecule has 16 heteroatoms. The van der Waals surface area contributed by atoms with Crippen molar-refractivity contribution in [1.29, 1.82) is 5.26 Å². The summed E-state index contributed by atoms with van der Waals surface area (Å²) >= 11 is 0. The van der Waals surface area contributed by atoms with Gasteiger partial charge >= 0.3 is 23.9 Å². The number of nitrogens with zero attached hydrogens (tertiary/aromatic N) is 7. The van der Waals surface area contributed by atoms with Gasteiger partial charge < -0.3 is 26.2 Å². The molecule has 0 amide bonds. The van der Waals surface area contributed by atoms with Crippen molar-refractivity contribution in [2.45, 2.75) is 26.2 Å². The summed E-state index contributed by atoms with van der Waals surface area (Å²) < 4.78 is 2.15. The third-order valence-corrected chi connectivity index (χ3v) is 6.03. The molecule has 2 aromatic heterocycles. The first-order valence-corrected chi connectivity index (χ1v) is 12.1. The first-order valence-electron chi connectivity index (χ1n) is 12.1. The van der Waals surface area contributed by atoms with Gasteiger partial charge in [-0.3, -0.25) is 0 Å². The van der Waals surface area contributed by atoms with E-state index in [0.717, 1.165) is 39.8 Å². The Morgan fingerprint density at radius 1 is 0.791 bits per heavy atom. The van der Waals surface area contributed by atoms with Crippen molar-refractivity contribution < 1.29 is 39.6 Å². The van der Waals surface area contributed by atoms with Crippen LogP contribution >= 0.6 is 0 Å². The number of azo groups is 1. The summed E-state index contributed by atoms with van der Waals surface area (Å²) in [6, 6.07) is 8.49. The highest BCUT2D eigenvalue weighted by Gasteiger charge is 2.28. The van der Waals surface area contributed by atoms with Crippen LogP contribution in [0, 0.1) is 11.3 Å². The van der Waals surface area contributed by atoms with Gasteiger partial charge in [-0.15, -0.1) is 10.2 Å². The molecule has 0 unspecified atom stereocenters. The second-order valence-corrected chi connectivity index (χ2v) is 10.1. The predicted octanol–water partition coefficient (Wildman–Crippen LogP) is 4.02. The van der Waals surface area contributed by atoms with Gasteiger partial charge in [-0.05, 0) is 36.4 Å². The highest BCUT2D eigenvalue weighted by Crippen LogP contribution is 2.38. The van der Waals surface area contributed by atoms with Crippen molar-refractivity contribution in [3.63, 3.8) is 0 Å². The number of carbonyl (C=O) groups is 4. The quantitative estimate of drug-likeness (QED) is 0.183. The Morgan fingerprint density at radius 3 is 1.63 bits per heavy atom. The molecule has 0 aliphatic carbocycles. The van der Waals surface area contributed by atoms with Gasteiger partial charge in [0.2, 0.25) is 0 Å². The number of hydrogen-bond acceptors (Lipinski definition) is 10. The SMILES string of the molecule is CC(C)(C)c1nn(-c2cc(C(=O)O)cc(C(=O)O)c2)c(N)c1/N=N/c1c(C#N)cnn1-c1cc(C(=O)O)cc(C(=O)O)c1. The molecule has 0 aliphatic rings. The van der Waals surface area contributed by atoms with E-state index in [2.05, 4.69) is 20.4 Å². The van der Waals surface area contributed by atoms with E-state index in [-0.39, 0.29) is 62.2 Å². The van der Waals surface area contributed by atoms with E-state index in [1.165, 1.54) is 12.1 Å². The van der Waals surface area contributed by atoms with Gasteiger partial charge in [0, 0.05) is 5.41 Å². The van der Waals surface area contributed by atoms with E-state index >= 15 is 0 Å². The maximum Gasteiger partial charge on any atom is 0.335 e. The maximum atomic E-state index is 11.6. The van der Waals surface area contributed by atoms with E-state index in [1.54, 1.807) is 20.8 Å². The largest absolute Gasteiger partial charge is 0.478 e. The summed E-state index contributed by atoms with van der Waals surface area (Å²) in [6.45, 7) is 5.35. The van der Waals surface area contributed by atoms with Crippen LogP contribution in [0.2, 0.25) is 0 Å². The zero-order valence-corrected chi connectivity index (χ0v) is 22.7. The molecule has 0 bridgehead atoms. The summed E-state index contributed by atoms with van der Waals surface area (Å²) in [5, 5.41) is 64.5. The molecule has 4 aromatic rings. The van der Waals surface area contributed by atoms with Gasteiger partial charge in [-0.25, -0.2) is 28.5 Å². The Labute approximate surface area is 241 Å². The van der Waals surface area contributed by atoms with Crippen LogP contribution in [0.25, 0.3) is 11.4 Å². The molecule has 6 N–H and O–H groups in total. The molecule has 0 radical (unpaired) electrons. The van der Waals surface area contributed by atoms with Gasteiger partial charge in [-0.1, -0.05) is 20.8 Å². The van der Waals surface area contributed by atoms with Crippen molar-refractivity contribution in [2.24, 2.45) is 10.2 Å². The molecular formula is C27H22N8O8. The number of aromatic nitrogens is 4. The molecule has 4 rings (SSSR count). The molecule has 16 nitrogen and oxygen atoms in total. The zero-order chi connectivity index (χ0) is 31.8. The second-order valence-electron chi connectivity index (χ2n) is 10.1. The van der Waals surface area contributed by atoms with Crippen molar-refractivity contribution >= 4 is 41.2 Å². The molecule has 218 valence electrons. The van der Waals surface area contributed by atoms with Crippen LogP contribution < -0.4 is 5.73 Å². The second kappa shape index (κ2) is 10.9. The Balaban J connectivity index is 1.92. The molecule has 2 aromatic carbocycles. The Hall–Kier alpha value is -6.37. The fourth-order valence-electron chi connectivity index (χ4n) is 3.99. The lowest BCUT2D eigenvalue weighted by molar-refractivity contribution is 0.0676. The number of carboxylic acid groups (broad SMARTS) is 4. The highest BCUT2D eigenvalue weighted by molar-refractivity contribution is 5.95. The molecule has 0 aliphatic heterocycles. The van der Waals surface area contributed by atoms with Crippen LogP contribution in [0.5, 0.6) is 0 Å². The van der Waals surface area contributed by atoms with Crippen molar-refractivity contribution in [3.8, 4) is 17.4 Å². The standard InChI is InChI=1S/C27H22N8O8/c1-27(2,3)20-19(21(29)34(33-20)17-6-12(23(36)37)4-13(7-17)24(38)39)31-32-22-16(10-28)11-30-35(22)18-8-14(25(40)41)5-15(9-18)26(42)43/h4-9,11H,29H2,1-3H3,(H,36,37)(H,38,39)(H,40,41)(H,42,43)/b32-31+. The summed E-state index contributed by atoms with van der Waals surface area (Å²) in [4.78, 5) is 46.5. The molecular weight excluding hydrogens is 564 g/mol. The number of nitriles is 1.